The zero-order valence-electron chi connectivity index (χ0n) is 13.9. The van der Waals surface area contributed by atoms with Crippen LogP contribution in [0.25, 0.3) is 0 Å². The van der Waals surface area contributed by atoms with Crippen LogP contribution < -0.4 is 5.73 Å². The summed E-state index contributed by atoms with van der Waals surface area (Å²) in [4.78, 5) is 0. The van der Waals surface area contributed by atoms with Crippen LogP contribution >= 0.6 is 0 Å². The Morgan fingerprint density at radius 3 is 2.67 bits per heavy atom. The minimum atomic E-state index is 0.240. The third kappa shape index (κ3) is 4.07. The second kappa shape index (κ2) is 7.95. The maximum atomic E-state index is 6.18. The fraction of sp³-hybridized carbons (Fsp3) is 0.824. The van der Waals surface area contributed by atoms with Crippen LogP contribution in [0.5, 0.6) is 0 Å². The highest BCUT2D eigenvalue weighted by atomic mass is 16.5. The Labute approximate surface area is 129 Å². The molecule has 1 fully saturated rings. The van der Waals surface area contributed by atoms with Crippen LogP contribution in [0, 0.1) is 0 Å². The Kier molecular flexibility index (Phi) is 6.24. The summed E-state index contributed by atoms with van der Waals surface area (Å²) in [6.07, 6.45) is 7.95. The molecule has 21 heavy (non-hydrogen) atoms. The Morgan fingerprint density at radius 2 is 2.10 bits per heavy atom. The molecule has 2 heterocycles. The normalized spacial score (nSPS) is 20.7. The van der Waals surface area contributed by atoms with Crippen molar-refractivity contribution in [3.05, 3.63) is 17.0 Å². The molecule has 0 amide bonds. The zero-order valence-corrected chi connectivity index (χ0v) is 13.9. The lowest BCUT2D eigenvalue weighted by Crippen LogP contribution is -2.26. The number of hydrogen-bond donors (Lipinski definition) is 1. The first-order valence-corrected chi connectivity index (χ1v) is 8.64. The summed E-state index contributed by atoms with van der Waals surface area (Å²) in [6.45, 7) is 8.36. The molecule has 0 spiro atoms. The molecule has 120 valence electrons. The molecule has 0 aliphatic carbocycles. The first-order valence-electron chi connectivity index (χ1n) is 8.64. The zero-order chi connectivity index (χ0) is 15.2. The first kappa shape index (κ1) is 16.5. The minimum Gasteiger partial charge on any atom is -0.376 e. The molecular formula is C17H31N3O. The van der Waals surface area contributed by atoms with E-state index in [1.807, 2.05) is 0 Å². The maximum absolute atomic E-state index is 6.18. The number of rotatable bonds is 7. The number of aromatic nitrogens is 2. The van der Waals surface area contributed by atoms with E-state index in [-0.39, 0.29) is 6.04 Å². The van der Waals surface area contributed by atoms with Crippen LogP contribution in [0.1, 0.15) is 63.4 Å². The van der Waals surface area contributed by atoms with Gasteiger partial charge in [-0.1, -0.05) is 20.8 Å². The first-order chi connectivity index (χ1) is 10.2. The van der Waals surface area contributed by atoms with Gasteiger partial charge >= 0.3 is 0 Å². The Balaban J connectivity index is 2.19. The average molecular weight is 293 g/mol. The van der Waals surface area contributed by atoms with Crippen LogP contribution in [0.2, 0.25) is 0 Å². The van der Waals surface area contributed by atoms with Crippen molar-refractivity contribution in [1.29, 1.82) is 0 Å². The summed E-state index contributed by atoms with van der Waals surface area (Å²) in [5.41, 5.74) is 10.2. The highest BCUT2D eigenvalue weighted by molar-refractivity contribution is 5.28. The molecule has 1 aromatic rings. The van der Waals surface area contributed by atoms with Gasteiger partial charge in [0.2, 0.25) is 0 Å². The van der Waals surface area contributed by atoms with Crippen LogP contribution in [0.15, 0.2) is 0 Å². The van der Waals surface area contributed by atoms with Gasteiger partial charge in [-0.2, -0.15) is 5.10 Å². The number of ether oxygens (including phenoxy) is 1. The van der Waals surface area contributed by atoms with Crippen LogP contribution in [0.4, 0.5) is 0 Å². The monoisotopic (exact) mass is 293 g/mol. The van der Waals surface area contributed by atoms with Crippen molar-refractivity contribution in [3.8, 4) is 0 Å². The second-order valence-electron chi connectivity index (χ2n) is 6.12. The van der Waals surface area contributed by atoms with E-state index < -0.39 is 0 Å². The van der Waals surface area contributed by atoms with Gasteiger partial charge in [-0.3, -0.25) is 4.68 Å². The summed E-state index contributed by atoms with van der Waals surface area (Å²) in [7, 11) is 0. The van der Waals surface area contributed by atoms with Crippen molar-refractivity contribution >= 4 is 0 Å². The van der Waals surface area contributed by atoms with Crippen molar-refractivity contribution in [2.75, 3.05) is 6.61 Å². The lowest BCUT2D eigenvalue weighted by molar-refractivity contribution is 0.00348. The van der Waals surface area contributed by atoms with Gasteiger partial charge in [0.1, 0.15) is 0 Å². The summed E-state index contributed by atoms with van der Waals surface area (Å²) in [5, 5.41) is 4.86. The molecule has 4 nitrogen and oxygen atoms in total. The van der Waals surface area contributed by atoms with Gasteiger partial charge in [0.05, 0.1) is 18.3 Å². The number of nitrogens with two attached hydrogens (primary N) is 1. The van der Waals surface area contributed by atoms with Crippen molar-refractivity contribution in [2.45, 2.75) is 84.4 Å². The number of aryl methyl sites for hydroxylation is 1. The highest BCUT2D eigenvalue weighted by Crippen LogP contribution is 2.21. The molecule has 2 rings (SSSR count). The molecule has 2 unspecified atom stereocenters. The van der Waals surface area contributed by atoms with Crippen molar-refractivity contribution in [2.24, 2.45) is 5.73 Å². The second-order valence-corrected chi connectivity index (χ2v) is 6.12. The number of hydrogen-bond acceptors (Lipinski definition) is 3. The van der Waals surface area contributed by atoms with E-state index in [9.17, 15) is 0 Å². The molecule has 0 bridgehead atoms. The summed E-state index contributed by atoms with van der Waals surface area (Å²) in [6, 6.07) is 0.240. The third-order valence-corrected chi connectivity index (χ3v) is 4.56. The predicted molar refractivity (Wildman–Crippen MR) is 86.5 cm³/mol. The van der Waals surface area contributed by atoms with Gasteiger partial charge < -0.3 is 10.5 Å². The predicted octanol–water partition coefficient (Wildman–Crippen LogP) is 2.86. The Bertz CT molecular complexity index is 435. The molecule has 0 saturated carbocycles. The van der Waals surface area contributed by atoms with Gasteiger partial charge in [0.15, 0.2) is 0 Å². The molecule has 4 heteroatoms. The van der Waals surface area contributed by atoms with Crippen LogP contribution in [0.3, 0.4) is 0 Å². The maximum Gasteiger partial charge on any atom is 0.0771 e. The van der Waals surface area contributed by atoms with E-state index in [2.05, 4.69) is 25.5 Å². The van der Waals surface area contributed by atoms with Gasteiger partial charge in [0, 0.05) is 18.3 Å². The van der Waals surface area contributed by atoms with Crippen molar-refractivity contribution in [3.63, 3.8) is 0 Å². The van der Waals surface area contributed by atoms with E-state index in [1.54, 1.807) is 0 Å². The van der Waals surface area contributed by atoms with E-state index in [0.717, 1.165) is 45.3 Å². The van der Waals surface area contributed by atoms with Crippen LogP contribution in [-0.2, 0) is 30.5 Å². The van der Waals surface area contributed by atoms with E-state index in [0.29, 0.717) is 6.10 Å². The summed E-state index contributed by atoms with van der Waals surface area (Å²) in [5.74, 6) is 0. The molecule has 1 aromatic heterocycles. The van der Waals surface area contributed by atoms with E-state index in [4.69, 9.17) is 15.6 Å². The third-order valence-electron chi connectivity index (χ3n) is 4.56. The minimum absolute atomic E-state index is 0.240. The molecule has 0 radical (unpaired) electrons. The fourth-order valence-electron chi connectivity index (χ4n) is 3.21. The molecular weight excluding hydrogens is 262 g/mol. The molecule has 1 aliphatic rings. The molecule has 2 N–H and O–H groups in total. The van der Waals surface area contributed by atoms with Crippen LogP contribution in [-0.4, -0.2) is 28.5 Å². The molecule has 0 aromatic carbocycles. The fourth-order valence-corrected chi connectivity index (χ4v) is 3.21. The van der Waals surface area contributed by atoms with E-state index in [1.165, 1.54) is 29.8 Å². The smallest absolute Gasteiger partial charge is 0.0771 e. The summed E-state index contributed by atoms with van der Waals surface area (Å²) < 4.78 is 8.08. The SMILES string of the molecule is CCc1nn(CC2CCCCO2)c(CC)c1CC(N)CC. The number of nitrogens with zero attached hydrogens (tertiary/aromatic N) is 2. The Hall–Kier alpha value is -0.870. The lowest BCUT2D eigenvalue weighted by atomic mass is 10.00. The summed E-state index contributed by atoms with van der Waals surface area (Å²) >= 11 is 0. The lowest BCUT2D eigenvalue weighted by Gasteiger charge is -2.23. The van der Waals surface area contributed by atoms with Crippen molar-refractivity contribution in [1.82, 2.24) is 9.78 Å². The van der Waals surface area contributed by atoms with Gasteiger partial charge in [-0.25, -0.2) is 0 Å². The van der Waals surface area contributed by atoms with Gasteiger partial charge in [0.25, 0.3) is 0 Å². The van der Waals surface area contributed by atoms with Crippen molar-refractivity contribution < 1.29 is 4.74 Å². The standard InChI is InChI=1S/C17H31N3O/c1-4-13(18)11-15-16(5-2)19-20(17(15)6-3)12-14-9-7-8-10-21-14/h13-14H,4-12,18H2,1-3H3. The highest BCUT2D eigenvalue weighted by Gasteiger charge is 2.21. The average Bonchev–Trinajstić information content (AvgIpc) is 2.84. The van der Waals surface area contributed by atoms with Gasteiger partial charge in [-0.05, 0) is 50.5 Å². The van der Waals surface area contributed by atoms with E-state index >= 15 is 0 Å². The topological polar surface area (TPSA) is 53.1 Å². The largest absolute Gasteiger partial charge is 0.376 e. The quantitative estimate of drug-likeness (QED) is 0.841. The molecule has 2 atom stereocenters. The molecule has 1 saturated heterocycles. The van der Waals surface area contributed by atoms with Gasteiger partial charge in [-0.15, -0.1) is 0 Å². The Morgan fingerprint density at radius 1 is 1.29 bits per heavy atom. The molecule has 1 aliphatic heterocycles.